The van der Waals surface area contributed by atoms with Crippen LogP contribution in [0.2, 0.25) is 10.0 Å². The topological polar surface area (TPSA) is 86.8 Å². The van der Waals surface area contributed by atoms with Gasteiger partial charge >= 0.3 is 0 Å². The lowest BCUT2D eigenvalue weighted by Gasteiger charge is -2.34. The van der Waals surface area contributed by atoms with E-state index in [0.717, 1.165) is 41.1 Å². The zero-order chi connectivity index (χ0) is 30.4. The Labute approximate surface area is 258 Å². The van der Waals surface area contributed by atoms with E-state index >= 15 is 0 Å². The lowest BCUT2D eigenvalue weighted by atomic mass is 10.1. The molecule has 7 nitrogen and oxygen atoms in total. The van der Waals surface area contributed by atoms with Crippen LogP contribution in [0, 0.1) is 13.8 Å². The Balaban J connectivity index is 1.76. The van der Waals surface area contributed by atoms with E-state index in [2.05, 4.69) is 5.32 Å². The summed E-state index contributed by atoms with van der Waals surface area (Å²) in [5, 5.41) is 3.82. The maximum absolute atomic E-state index is 14.3. The molecular weight excluding hydrogens is 593 g/mol. The van der Waals surface area contributed by atoms with Gasteiger partial charge in [-0.3, -0.25) is 13.9 Å². The van der Waals surface area contributed by atoms with Gasteiger partial charge < -0.3 is 10.2 Å². The van der Waals surface area contributed by atoms with Crippen molar-refractivity contribution in [3.8, 4) is 0 Å². The van der Waals surface area contributed by atoms with Gasteiger partial charge in [-0.05, 0) is 80.6 Å². The van der Waals surface area contributed by atoms with Gasteiger partial charge in [0.15, 0.2) is 0 Å². The molecule has 0 heterocycles. The van der Waals surface area contributed by atoms with Crippen LogP contribution in [0.1, 0.15) is 55.7 Å². The number of aryl methyl sites for hydroxylation is 2. The Morgan fingerprint density at radius 2 is 1.57 bits per heavy atom. The molecule has 1 atom stereocenters. The molecule has 0 unspecified atom stereocenters. The van der Waals surface area contributed by atoms with E-state index in [9.17, 15) is 18.0 Å². The van der Waals surface area contributed by atoms with Gasteiger partial charge in [0, 0.05) is 28.2 Å². The fourth-order valence-electron chi connectivity index (χ4n) is 5.27. The molecule has 3 aromatic carbocycles. The molecule has 0 radical (unpaired) electrons. The molecular formula is C32H37Cl2N3O4S. The number of rotatable bonds is 11. The van der Waals surface area contributed by atoms with Crippen LogP contribution in [0.4, 0.5) is 5.69 Å². The van der Waals surface area contributed by atoms with Gasteiger partial charge in [-0.15, -0.1) is 0 Å². The first-order chi connectivity index (χ1) is 20.0. The lowest BCUT2D eigenvalue weighted by molar-refractivity contribution is -0.140. The number of benzene rings is 3. The molecule has 4 rings (SSSR count). The van der Waals surface area contributed by atoms with Crippen LogP contribution < -0.4 is 9.62 Å². The molecule has 0 spiro atoms. The normalized spacial score (nSPS) is 14.4. The SMILES string of the molecule is CC[C@@H](C(=O)NC1CCCC1)N(Cc1c(Cl)cccc1Cl)C(=O)CN(c1ccc(C)c(C)c1)S(=O)(=O)c1ccccc1. The Bertz CT molecular complexity index is 1510. The van der Waals surface area contributed by atoms with Crippen LogP contribution >= 0.6 is 23.2 Å². The zero-order valence-electron chi connectivity index (χ0n) is 24.1. The predicted octanol–water partition coefficient (Wildman–Crippen LogP) is 6.67. The second kappa shape index (κ2) is 13.9. The van der Waals surface area contributed by atoms with E-state index in [0.29, 0.717) is 27.7 Å². The molecule has 0 bridgehead atoms. The third-order valence-corrected chi connectivity index (χ3v) is 10.4. The highest BCUT2D eigenvalue weighted by Gasteiger charge is 2.35. The maximum atomic E-state index is 14.3. The number of carbonyl (C=O) groups excluding carboxylic acids is 2. The Morgan fingerprint density at radius 1 is 0.929 bits per heavy atom. The monoisotopic (exact) mass is 629 g/mol. The summed E-state index contributed by atoms with van der Waals surface area (Å²) in [5.41, 5.74) is 2.72. The second-order valence-corrected chi connectivity index (χ2v) is 13.4. The molecule has 1 saturated carbocycles. The average molecular weight is 631 g/mol. The number of nitrogens with zero attached hydrogens (tertiary/aromatic N) is 2. The van der Waals surface area contributed by atoms with Crippen molar-refractivity contribution in [1.29, 1.82) is 0 Å². The van der Waals surface area contributed by atoms with E-state index in [1.165, 1.54) is 17.0 Å². The largest absolute Gasteiger partial charge is 0.352 e. The van der Waals surface area contributed by atoms with Crippen molar-refractivity contribution in [1.82, 2.24) is 10.2 Å². The number of amides is 2. The molecule has 3 aromatic rings. The van der Waals surface area contributed by atoms with Crippen molar-refractivity contribution in [3.63, 3.8) is 0 Å². The lowest BCUT2D eigenvalue weighted by Crippen LogP contribution is -2.53. The summed E-state index contributed by atoms with van der Waals surface area (Å²) in [5.74, 6) is -0.818. The van der Waals surface area contributed by atoms with Crippen molar-refractivity contribution in [2.45, 2.75) is 76.4 Å². The first-order valence-corrected chi connectivity index (χ1v) is 16.4. The van der Waals surface area contributed by atoms with E-state index in [1.54, 1.807) is 48.5 Å². The molecule has 10 heteroatoms. The molecule has 1 aliphatic carbocycles. The summed E-state index contributed by atoms with van der Waals surface area (Å²) in [6, 6.07) is 17.5. The standard InChI is InChI=1S/C32H37Cl2N3O4S/c1-4-30(32(39)35-24-11-8-9-12-24)36(20-27-28(33)15-10-16-29(27)34)31(38)21-37(25-18-17-22(2)23(3)19-25)42(40,41)26-13-6-5-7-14-26/h5-7,10,13-19,24,30H,4,8-9,11-12,20-21H2,1-3H3,(H,35,39)/t30-/m0/s1. The summed E-state index contributed by atoms with van der Waals surface area (Å²) in [7, 11) is -4.14. The number of nitrogens with one attached hydrogen (secondary N) is 1. The molecule has 224 valence electrons. The van der Waals surface area contributed by atoms with Crippen LogP contribution in [0.5, 0.6) is 0 Å². The second-order valence-electron chi connectivity index (χ2n) is 10.7. The van der Waals surface area contributed by atoms with E-state index < -0.39 is 28.5 Å². The Kier molecular flexibility index (Phi) is 10.6. The summed E-state index contributed by atoms with van der Waals surface area (Å²) < 4.78 is 29.1. The number of hydrogen-bond acceptors (Lipinski definition) is 4. The quantitative estimate of drug-likeness (QED) is 0.256. The van der Waals surface area contributed by atoms with Gasteiger partial charge in [0.05, 0.1) is 10.6 Å². The smallest absolute Gasteiger partial charge is 0.264 e. The molecule has 2 amide bonds. The number of anilines is 1. The molecule has 42 heavy (non-hydrogen) atoms. The Hall–Kier alpha value is -3.07. The molecule has 1 N–H and O–H groups in total. The third-order valence-electron chi connectivity index (χ3n) is 7.87. The number of hydrogen-bond donors (Lipinski definition) is 1. The highest BCUT2D eigenvalue weighted by Crippen LogP contribution is 2.30. The summed E-state index contributed by atoms with van der Waals surface area (Å²) in [4.78, 5) is 29.3. The highest BCUT2D eigenvalue weighted by molar-refractivity contribution is 7.92. The van der Waals surface area contributed by atoms with E-state index in [1.807, 2.05) is 26.8 Å². The fourth-order valence-corrected chi connectivity index (χ4v) is 7.21. The van der Waals surface area contributed by atoms with Crippen LogP contribution in [-0.4, -0.2) is 43.8 Å². The van der Waals surface area contributed by atoms with Crippen molar-refractivity contribution >= 4 is 50.7 Å². The predicted molar refractivity (Wildman–Crippen MR) is 168 cm³/mol. The molecule has 0 aromatic heterocycles. The van der Waals surface area contributed by atoms with Gasteiger partial charge in [0.25, 0.3) is 10.0 Å². The minimum absolute atomic E-state index is 0.0536. The van der Waals surface area contributed by atoms with Crippen LogP contribution in [-0.2, 0) is 26.2 Å². The van der Waals surface area contributed by atoms with Crippen LogP contribution in [0.15, 0.2) is 71.6 Å². The van der Waals surface area contributed by atoms with E-state index in [4.69, 9.17) is 23.2 Å². The third kappa shape index (κ3) is 7.28. The van der Waals surface area contributed by atoms with Crippen LogP contribution in [0.25, 0.3) is 0 Å². The van der Waals surface area contributed by atoms with Crippen molar-refractivity contribution in [2.75, 3.05) is 10.8 Å². The number of halogens is 2. The first-order valence-electron chi connectivity index (χ1n) is 14.2. The summed E-state index contributed by atoms with van der Waals surface area (Å²) in [6.45, 7) is 5.08. The molecule has 0 aliphatic heterocycles. The summed E-state index contributed by atoms with van der Waals surface area (Å²) >= 11 is 13.0. The van der Waals surface area contributed by atoms with Crippen LogP contribution in [0.3, 0.4) is 0 Å². The van der Waals surface area contributed by atoms with Gasteiger partial charge in [-0.2, -0.15) is 0 Å². The number of carbonyl (C=O) groups is 2. The highest BCUT2D eigenvalue weighted by atomic mass is 35.5. The molecule has 1 aliphatic rings. The minimum Gasteiger partial charge on any atom is -0.352 e. The summed E-state index contributed by atoms with van der Waals surface area (Å²) in [6.07, 6.45) is 4.19. The average Bonchev–Trinajstić information content (AvgIpc) is 3.48. The molecule has 1 fully saturated rings. The number of sulfonamides is 1. The molecule has 0 saturated heterocycles. The first kappa shape index (κ1) is 31.9. The Morgan fingerprint density at radius 3 is 2.17 bits per heavy atom. The van der Waals surface area contributed by atoms with Gasteiger partial charge in [-0.1, -0.05) is 73.3 Å². The van der Waals surface area contributed by atoms with Gasteiger partial charge in [0.2, 0.25) is 11.8 Å². The van der Waals surface area contributed by atoms with Crippen molar-refractivity contribution in [2.24, 2.45) is 0 Å². The fraction of sp³-hybridized carbons (Fsp3) is 0.375. The van der Waals surface area contributed by atoms with Crippen molar-refractivity contribution in [3.05, 3.63) is 93.5 Å². The maximum Gasteiger partial charge on any atom is 0.264 e. The zero-order valence-corrected chi connectivity index (χ0v) is 26.5. The van der Waals surface area contributed by atoms with E-state index in [-0.39, 0.29) is 23.4 Å². The van der Waals surface area contributed by atoms with Gasteiger partial charge in [0.1, 0.15) is 12.6 Å². The van der Waals surface area contributed by atoms with Crippen molar-refractivity contribution < 1.29 is 18.0 Å². The minimum atomic E-state index is -4.14. The van der Waals surface area contributed by atoms with Gasteiger partial charge in [-0.25, -0.2) is 8.42 Å².